The topological polar surface area (TPSA) is 38.1 Å². The average molecular weight is 311 g/mol. The molecule has 0 aliphatic heterocycles. The fraction of sp³-hybridized carbons (Fsp3) is 0.474. The summed E-state index contributed by atoms with van der Waals surface area (Å²) in [6, 6.07) is 6.53. The fourth-order valence-electron chi connectivity index (χ4n) is 2.89. The van der Waals surface area contributed by atoms with E-state index in [0.29, 0.717) is 6.54 Å². The predicted molar refractivity (Wildman–Crippen MR) is 91.1 cm³/mol. The smallest absolute Gasteiger partial charge is 0.226 e. The van der Waals surface area contributed by atoms with Crippen molar-refractivity contribution in [1.29, 1.82) is 0 Å². The Kier molecular flexibility index (Phi) is 4.51. The first-order valence-electron chi connectivity index (χ1n) is 8.43. The molecule has 0 spiro atoms. The quantitative estimate of drug-likeness (QED) is 0.821. The lowest BCUT2D eigenvalue weighted by Gasteiger charge is -2.21. The number of carbonyl (C=O) groups is 1. The van der Waals surface area contributed by atoms with Gasteiger partial charge in [0.1, 0.15) is 5.82 Å². The number of imidazole rings is 1. The van der Waals surface area contributed by atoms with Crippen molar-refractivity contribution >= 4 is 5.91 Å². The molecule has 0 saturated heterocycles. The molecule has 0 radical (unpaired) electrons. The van der Waals surface area contributed by atoms with E-state index >= 15 is 0 Å². The van der Waals surface area contributed by atoms with Gasteiger partial charge >= 0.3 is 0 Å². The Morgan fingerprint density at radius 3 is 2.83 bits per heavy atom. The number of hydrogen-bond acceptors (Lipinski definition) is 2. The summed E-state index contributed by atoms with van der Waals surface area (Å²) >= 11 is 0. The van der Waals surface area contributed by atoms with Crippen LogP contribution in [-0.4, -0.2) is 26.9 Å². The van der Waals surface area contributed by atoms with Crippen LogP contribution in [0.3, 0.4) is 0 Å². The highest BCUT2D eigenvalue weighted by atomic mass is 16.2. The van der Waals surface area contributed by atoms with Gasteiger partial charge in [-0.25, -0.2) is 4.98 Å². The maximum absolute atomic E-state index is 12.3. The molecule has 1 aliphatic carbocycles. The van der Waals surface area contributed by atoms with Crippen LogP contribution in [0.1, 0.15) is 42.3 Å². The zero-order chi connectivity index (χ0) is 16.4. The van der Waals surface area contributed by atoms with E-state index in [9.17, 15) is 4.79 Å². The molecule has 4 nitrogen and oxygen atoms in total. The van der Waals surface area contributed by atoms with E-state index in [1.165, 1.54) is 16.7 Å². The molecular weight excluding hydrogens is 286 g/mol. The van der Waals surface area contributed by atoms with Crippen LogP contribution in [0.2, 0.25) is 0 Å². The molecule has 1 saturated carbocycles. The summed E-state index contributed by atoms with van der Waals surface area (Å²) in [5.74, 6) is 1.51. The van der Waals surface area contributed by atoms with Gasteiger partial charge in [0.25, 0.3) is 0 Å². The monoisotopic (exact) mass is 311 g/mol. The SMILES string of the molecule is CCN(Cc1nccn1Cc1cc(C)ccc1C)C(=O)C1CC1. The van der Waals surface area contributed by atoms with Gasteiger partial charge < -0.3 is 9.47 Å². The maximum Gasteiger partial charge on any atom is 0.226 e. The number of benzene rings is 1. The number of rotatable bonds is 6. The Balaban J connectivity index is 1.76. The molecule has 0 N–H and O–H groups in total. The first-order chi connectivity index (χ1) is 11.1. The Labute approximate surface area is 138 Å². The van der Waals surface area contributed by atoms with Crippen molar-refractivity contribution in [3.05, 3.63) is 53.1 Å². The minimum absolute atomic E-state index is 0.261. The van der Waals surface area contributed by atoms with Crippen LogP contribution >= 0.6 is 0 Å². The van der Waals surface area contributed by atoms with Gasteiger partial charge in [0, 0.05) is 31.4 Å². The molecule has 4 heteroatoms. The highest BCUT2D eigenvalue weighted by molar-refractivity contribution is 5.80. The van der Waals surface area contributed by atoms with Crippen LogP contribution in [0.5, 0.6) is 0 Å². The first kappa shape index (κ1) is 15.8. The molecule has 0 bridgehead atoms. The van der Waals surface area contributed by atoms with Crippen molar-refractivity contribution in [2.45, 2.75) is 46.7 Å². The standard InChI is InChI=1S/C19H25N3O/c1-4-21(19(23)16-7-8-16)13-18-20-9-10-22(18)12-17-11-14(2)5-6-15(17)3/h5-6,9-11,16H,4,7-8,12-13H2,1-3H3. The van der Waals surface area contributed by atoms with Gasteiger partial charge in [0.2, 0.25) is 5.91 Å². The molecule has 2 aromatic rings. The molecule has 1 aliphatic rings. The Bertz CT molecular complexity index is 700. The number of aryl methyl sites for hydroxylation is 2. The van der Waals surface area contributed by atoms with Crippen LogP contribution < -0.4 is 0 Å². The van der Waals surface area contributed by atoms with E-state index in [1.54, 1.807) is 0 Å². The van der Waals surface area contributed by atoms with Gasteiger partial charge in [-0.15, -0.1) is 0 Å². The summed E-state index contributed by atoms with van der Waals surface area (Å²) < 4.78 is 2.16. The van der Waals surface area contributed by atoms with Crippen LogP contribution in [0.25, 0.3) is 0 Å². The summed E-state index contributed by atoms with van der Waals surface area (Å²) in [7, 11) is 0. The highest BCUT2D eigenvalue weighted by Gasteiger charge is 2.33. The molecule has 23 heavy (non-hydrogen) atoms. The van der Waals surface area contributed by atoms with Crippen LogP contribution in [0, 0.1) is 19.8 Å². The van der Waals surface area contributed by atoms with E-state index in [-0.39, 0.29) is 11.8 Å². The maximum atomic E-state index is 12.3. The zero-order valence-electron chi connectivity index (χ0n) is 14.2. The number of hydrogen-bond donors (Lipinski definition) is 0. The van der Waals surface area contributed by atoms with E-state index in [2.05, 4.69) is 41.6 Å². The van der Waals surface area contributed by atoms with Gasteiger partial charge in [-0.05, 0) is 44.7 Å². The molecule has 1 amide bonds. The summed E-state index contributed by atoms with van der Waals surface area (Å²) in [6.07, 6.45) is 5.93. The number of amides is 1. The van der Waals surface area contributed by atoms with Crippen molar-refractivity contribution in [3.8, 4) is 0 Å². The summed E-state index contributed by atoms with van der Waals surface area (Å²) in [5, 5.41) is 0. The molecule has 1 fully saturated rings. The molecule has 122 valence electrons. The minimum atomic E-state index is 0.261. The van der Waals surface area contributed by atoms with Gasteiger partial charge in [-0.2, -0.15) is 0 Å². The number of nitrogens with zero attached hydrogens (tertiary/aromatic N) is 3. The Hall–Kier alpha value is -2.10. The minimum Gasteiger partial charge on any atom is -0.335 e. The second kappa shape index (κ2) is 6.57. The van der Waals surface area contributed by atoms with Crippen molar-refractivity contribution < 1.29 is 4.79 Å². The molecule has 0 atom stereocenters. The normalized spacial score (nSPS) is 14.0. The highest BCUT2D eigenvalue weighted by Crippen LogP contribution is 2.31. The molecular formula is C19H25N3O. The molecule has 1 aromatic carbocycles. The van der Waals surface area contributed by atoms with Crippen LogP contribution in [0.4, 0.5) is 0 Å². The van der Waals surface area contributed by atoms with Crippen molar-refractivity contribution in [1.82, 2.24) is 14.5 Å². The van der Waals surface area contributed by atoms with Crippen molar-refractivity contribution in [3.63, 3.8) is 0 Å². The van der Waals surface area contributed by atoms with E-state index < -0.39 is 0 Å². The van der Waals surface area contributed by atoms with Gasteiger partial charge in [-0.1, -0.05) is 23.8 Å². The van der Waals surface area contributed by atoms with Crippen LogP contribution in [0.15, 0.2) is 30.6 Å². The van der Waals surface area contributed by atoms with Crippen LogP contribution in [-0.2, 0) is 17.9 Å². The third-order valence-corrected chi connectivity index (χ3v) is 4.60. The van der Waals surface area contributed by atoms with E-state index in [1.807, 2.05) is 24.2 Å². The lowest BCUT2D eigenvalue weighted by Crippen LogP contribution is -2.32. The lowest BCUT2D eigenvalue weighted by atomic mass is 10.1. The second-order valence-corrected chi connectivity index (χ2v) is 6.53. The summed E-state index contributed by atoms with van der Waals surface area (Å²) in [4.78, 5) is 18.7. The molecule has 1 heterocycles. The lowest BCUT2D eigenvalue weighted by molar-refractivity contribution is -0.133. The fourth-order valence-corrected chi connectivity index (χ4v) is 2.89. The average Bonchev–Trinajstić information content (AvgIpc) is 3.30. The van der Waals surface area contributed by atoms with E-state index in [0.717, 1.165) is 31.8 Å². The molecule has 3 rings (SSSR count). The van der Waals surface area contributed by atoms with Gasteiger partial charge in [-0.3, -0.25) is 4.79 Å². The van der Waals surface area contributed by atoms with Crippen molar-refractivity contribution in [2.75, 3.05) is 6.54 Å². The van der Waals surface area contributed by atoms with Crippen molar-refractivity contribution in [2.24, 2.45) is 5.92 Å². The van der Waals surface area contributed by atoms with E-state index in [4.69, 9.17) is 0 Å². The second-order valence-electron chi connectivity index (χ2n) is 6.53. The first-order valence-corrected chi connectivity index (χ1v) is 8.43. The molecule has 0 unspecified atom stereocenters. The Morgan fingerprint density at radius 1 is 1.35 bits per heavy atom. The zero-order valence-corrected chi connectivity index (χ0v) is 14.2. The van der Waals surface area contributed by atoms with Gasteiger partial charge in [0.05, 0.1) is 6.54 Å². The Morgan fingerprint density at radius 2 is 2.13 bits per heavy atom. The number of aromatic nitrogens is 2. The molecule has 1 aromatic heterocycles. The summed E-state index contributed by atoms with van der Waals surface area (Å²) in [5.41, 5.74) is 3.86. The predicted octanol–water partition coefficient (Wildman–Crippen LogP) is 3.31. The summed E-state index contributed by atoms with van der Waals surface area (Å²) in [6.45, 7) is 8.44. The third kappa shape index (κ3) is 3.63. The number of carbonyl (C=O) groups excluding carboxylic acids is 1. The largest absolute Gasteiger partial charge is 0.335 e. The van der Waals surface area contributed by atoms with Gasteiger partial charge in [0.15, 0.2) is 0 Å². The third-order valence-electron chi connectivity index (χ3n) is 4.60.